The SMILES string of the molecule is CCOP(=O)(CCOC(C(=O)c1ccccc1)(c1ccccc1)c1ccccc1)OCC. The van der Waals surface area contributed by atoms with Gasteiger partial charge in [0.05, 0.1) is 26.0 Å². The smallest absolute Gasteiger partial charge is 0.332 e. The first kappa shape index (κ1) is 24.1. The van der Waals surface area contributed by atoms with Crippen LogP contribution in [0, 0.1) is 0 Å². The zero-order valence-corrected chi connectivity index (χ0v) is 19.4. The number of hydrogen-bond donors (Lipinski definition) is 0. The summed E-state index contributed by atoms with van der Waals surface area (Å²) in [4.78, 5) is 14.0. The average molecular weight is 452 g/mol. The molecular formula is C26H29O5P. The molecule has 0 aliphatic carbocycles. The maximum Gasteiger partial charge on any atom is 0.332 e. The molecule has 0 N–H and O–H groups in total. The van der Waals surface area contributed by atoms with Crippen LogP contribution >= 0.6 is 7.60 Å². The van der Waals surface area contributed by atoms with Crippen molar-refractivity contribution >= 4 is 13.4 Å². The van der Waals surface area contributed by atoms with Gasteiger partial charge in [0, 0.05) is 5.56 Å². The molecular weight excluding hydrogens is 423 g/mol. The van der Waals surface area contributed by atoms with Crippen LogP contribution in [0.4, 0.5) is 0 Å². The zero-order valence-electron chi connectivity index (χ0n) is 18.5. The highest BCUT2D eigenvalue weighted by atomic mass is 31.2. The third-order valence-electron chi connectivity index (χ3n) is 5.05. The van der Waals surface area contributed by atoms with Crippen LogP contribution in [0.3, 0.4) is 0 Å². The van der Waals surface area contributed by atoms with Crippen molar-refractivity contribution in [3.05, 3.63) is 108 Å². The van der Waals surface area contributed by atoms with Gasteiger partial charge in [0.25, 0.3) is 0 Å². The van der Waals surface area contributed by atoms with Crippen LogP contribution < -0.4 is 0 Å². The van der Waals surface area contributed by atoms with E-state index in [9.17, 15) is 9.36 Å². The number of benzene rings is 3. The Labute approximate surface area is 189 Å². The van der Waals surface area contributed by atoms with Crippen LogP contribution in [-0.2, 0) is 24.0 Å². The lowest BCUT2D eigenvalue weighted by atomic mass is 9.80. The number of carbonyl (C=O) groups is 1. The Hall–Kier alpha value is -2.56. The monoisotopic (exact) mass is 452 g/mol. The fourth-order valence-electron chi connectivity index (χ4n) is 3.67. The zero-order chi connectivity index (χ0) is 22.9. The van der Waals surface area contributed by atoms with Crippen LogP contribution in [-0.4, -0.2) is 31.8 Å². The third kappa shape index (κ3) is 5.43. The average Bonchev–Trinajstić information content (AvgIpc) is 2.83. The maximum atomic E-state index is 14.0. The Morgan fingerprint density at radius 1 is 0.750 bits per heavy atom. The summed E-state index contributed by atoms with van der Waals surface area (Å²) in [7, 11) is -3.33. The standard InChI is InChI=1S/C26H29O5P/c1-3-30-32(28,31-4-2)21-20-29-26(23-16-10-6-11-17-23,24-18-12-7-13-19-24)25(27)22-14-8-5-9-15-22/h5-19H,3-4,20-21H2,1-2H3. The normalized spacial score (nSPS) is 11.9. The van der Waals surface area contributed by atoms with Gasteiger partial charge in [-0.25, -0.2) is 0 Å². The second kappa shape index (κ2) is 11.3. The van der Waals surface area contributed by atoms with E-state index in [1.54, 1.807) is 26.0 Å². The molecule has 0 amide bonds. The largest absolute Gasteiger partial charge is 0.357 e. The second-order valence-electron chi connectivity index (χ2n) is 7.13. The number of ketones is 1. The molecule has 5 nitrogen and oxygen atoms in total. The van der Waals surface area contributed by atoms with Gasteiger partial charge in [-0.05, 0) is 25.0 Å². The maximum absolute atomic E-state index is 14.0. The first-order valence-electron chi connectivity index (χ1n) is 10.8. The van der Waals surface area contributed by atoms with E-state index in [0.717, 1.165) is 0 Å². The van der Waals surface area contributed by atoms with Gasteiger partial charge in [-0.15, -0.1) is 0 Å². The van der Waals surface area contributed by atoms with E-state index >= 15 is 0 Å². The molecule has 0 spiro atoms. The molecule has 0 atom stereocenters. The predicted molar refractivity (Wildman–Crippen MR) is 126 cm³/mol. The highest BCUT2D eigenvalue weighted by molar-refractivity contribution is 7.53. The molecule has 0 fully saturated rings. The van der Waals surface area contributed by atoms with Crippen LogP contribution in [0.5, 0.6) is 0 Å². The Morgan fingerprint density at radius 3 is 1.62 bits per heavy atom. The van der Waals surface area contributed by atoms with E-state index in [-0.39, 0.29) is 31.8 Å². The number of ether oxygens (including phenoxy) is 1. The van der Waals surface area contributed by atoms with Crippen molar-refractivity contribution in [2.75, 3.05) is 26.0 Å². The molecule has 0 aliphatic heterocycles. The summed E-state index contributed by atoms with van der Waals surface area (Å²) in [5, 5.41) is 0. The summed E-state index contributed by atoms with van der Waals surface area (Å²) in [6.45, 7) is 4.08. The van der Waals surface area contributed by atoms with Crippen molar-refractivity contribution in [3.63, 3.8) is 0 Å². The molecule has 0 bridgehead atoms. The number of rotatable bonds is 12. The van der Waals surface area contributed by atoms with Gasteiger partial charge in [0.2, 0.25) is 5.78 Å². The Balaban J connectivity index is 2.07. The summed E-state index contributed by atoms with van der Waals surface area (Å²) in [6.07, 6.45) is 0.0398. The van der Waals surface area contributed by atoms with Crippen molar-refractivity contribution in [2.24, 2.45) is 0 Å². The molecule has 0 heterocycles. The summed E-state index contributed by atoms with van der Waals surface area (Å²) < 4.78 is 30.2. The van der Waals surface area contributed by atoms with Crippen molar-refractivity contribution in [1.82, 2.24) is 0 Å². The van der Waals surface area contributed by atoms with E-state index in [4.69, 9.17) is 13.8 Å². The number of Topliss-reactive ketones (excluding diaryl/α,β-unsaturated/α-hetero) is 1. The van der Waals surface area contributed by atoms with E-state index in [2.05, 4.69) is 0 Å². The first-order chi connectivity index (χ1) is 15.6. The fourth-order valence-corrected chi connectivity index (χ4v) is 5.10. The lowest BCUT2D eigenvalue weighted by Gasteiger charge is -2.34. The summed E-state index contributed by atoms with van der Waals surface area (Å²) in [5.41, 5.74) is 0.510. The molecule has 0 saturated heterocycles. The van der Waals surface area contributed by atoms with Crippen LogP contribution in [0.1, 0.15) is 35.3 Å². The van der Waals surface area contributed by atoms with E-state index in [0.29, 0.717) is 16.7 Å². The van der Waals surface area contributed by atoms with Gasteiger partial charge in [-0.2, -0.15) is 0 Å². The topological polar surface area (TPSA) is 61.8 Å². The Bertz CT molecular complexity index is 972. The molecule has 0 saturated carbocycles. The number of hydrogen-bond acceptors (Lipinski definition) is 5. The molecule has 0 radical (unpaired) electrons. The lowest BCUT2D eigenvalue weighted by molar-refractivity contribution is -0.000260. The highest BCUT2D eigenvalue weighted by Crippen LogP contribution is 2.48. The van der Waals surface area contributed by atoms with Crippen molar-refractivity contribution < 1.29 is 23.1 Å². The van der Waals surface area contributed by atoms with E-state index in [1.165, 1.54) is 0 Å². The molecule has 0 aliphatic rings. The lowest BCUT2D eigenvalue weighted by Crippen LogP contribution is -2.41. The quantitative estimate of drug-likeness (QED) is 0.246. The van der Waals surface area contributed by atoms with Crippen LogP contribution in [0.25, 0.3) is 0 Å². The minimum absolute atomic E-state index is 0.0135. The summed E-state index contributed by atoms with van der Waals surface area (Å²) in [5.74, 6) is -0.196. The van der Waals surface area contributed by atoms with E-state index in [1.807, 2.05) is 78.9 Å². The van der Waals surface area contributed by atoms with Crippen molar-refractivity contribution in [3.8, 4) is 0 Å². The summed E-state index contributed by atoms with van der Waals surface area (Å²) in [6, 6.07) is 27.8. The first-order valence-corrected chi connectivity index (χ1v) is 12.5. The molecule has 6 heteroatoms. The minimum Gasteiger partial charge on any atom is -0.357 e. The van der Waals surface area contributed by atoms with Crippen molar-refractivity contribution in [1.29, 1.82) is 0 Å². The van der Waals surface area contributed by atoms with Gasteiger partial charge in [-0.1, -0.05) is 91.0 Å². The van der Waals surface area contributed by atoms with Crippen molar-refractivity contribution in [2.45, 2.75) is 19.4 Å². The molecule has 32 heavy (non-hydrogen) atoms. The van der Waals surface area contributed by atoms with Gasteiger partial charge < -0.3 is 13.8 Å². The third-order valence-corrected chi connectivity index (χ3v) is 7.09. The van der Waals surface area contributed by atoms with Crippen LogP contribution in [0.2, 0.25) is 0 Å². The molecule has 0 unspecified atom stereocenters. The molecule has 3 aromatic carbocycles. The van der Waals surface area contributed by atoms with Gasteiger partial charge in [0.15, 0.2) is 5.60 Å². The molecule has 3 rings (SSSR count). The molecule has 3 aromatic rings. The van der Waals surface area contributed by atoms with Gasteiger partial charge >= 0.3 is 7.60 Å². The second-order valence-corrected chi connectivity index (χ2v) is 9.31. The predicted octanol–water partition coefficient (Wildman–Crippen LogP) is 6.10. The Kier molecular flexibility index (Phi) is 8.54. The Morgan fingerprint density at radius 2 is 1.19 bits per heavy atom. The van der Waals surface area contributed by atoms with E-state index < -0.39 is 13.2 Å². The number of carbonyl (C=O) groups excluding carboxylic acids is 1. The van der Waals surface area contributed by atoms with Gasteiger partial charge in [0.1, 0.15) is 0 Å². The highest BCUT2D eigenvalue weighted by Gasteiger charge is 2.44. The van der Waals surface area contributed by atoms with Gasteiger partial charge in [-0.3, -0.25) is 9.36 Å². The molecule has 168 valence electrons. The summed E-state index contributed by atoms with van der Waals surface area (Å²) >= 11 is 0. The fraction of sp³-hybridized carbons (Fsp3) is 0.269. The minimum atomic E-state index is -3.33. The van der Waals surface area contributed by atoms with Crippen LogP contribution in [0.15, 0.2) is 91.0 Å². The molecule has 0 aromatic heterocycles.